The third-order valence-corrected chi connectivity index (χ3v) is 3.32. The van der Waals surface area contributed by atoms with Gasteiger partial charge in [-0.3, -0.25) is 0 Å². The fraction of sp³-hybridized carbons (Fsp3) is 1.00. The van der Waals surface area contributed by atoms with Gasteiger partial charge in [0.25, 0.3) is 0 Å². The third kappa shape index (κ3) is 3.28. The van der Waals surface area contributed by atoms with E-state index in [1.807, 2.05) is 0 Å². The van der Waals surface area contributed by atoms with Gasteiger partial charge in [0.15, 0.2) is 0 Å². The molecular formula is C11H24N2. The van der Waals surface area contributed by atoms with E-state index in [4.69, 9.17) is 5.73 Å². The molecule has 0 spiro atoms. The number of hydrogen-bond donors (Lipinski definition) is 1. The molecule has 0 aromatic heterocycles. The molecule has 78 valence electrons. The van der Waals surface area contributed by atoms with Crippen LogP contribution >= 0.6 is 0 Å². The Hall–Kier alpha value is -0.0800. The zero-order chi connectivity index (χ0) is 9.84. The molecule has 0 saturated carbocycles. The molecule has 2 heteroatoms. The van der Waals surface area contributed by atoms with Gasteiger partial charge in [-0.2, -0.15) is 0 Å². The number of piperidine rings is 1. The molecule has 1 fully saturated rings. The van der Waals surface area contributed by atoms with Gasteiger partial charge in [0.2, 0.25) is 0 Å². The minimum Gasteiger partial charge on any atom is -0.327 e. The van der Waals surface area contributed by atoms with E-state index < -0.39 is 0 Å². The zero-order valence-corrected chi connectivity index (χ0v) is 9.29. The highest BCUT2D eigenvalue weighted by Crippen LogP contribution is 2.20. The summed E-state index contributed by atoms with van der Waals surface area (Å²) in [6, 6.07) is 1.12. The normalized spacial score (nSPS) is 27.9. The molecule has 1 aliphatic rings. The Labute approximate surface area is 82.5 Å². The maximum absolute atomic E-state index is 6.08. The second-order valence-corrected chi connectivity index (χ2v) is 4.77. The first-order chi connectivity index (χ1) is 6.11. The average Bonchev–Trinajstić information content (AvgIpc) is 2.08. The second-order valence-electron chi connectivity index (χ2n) is 4.77. The van der Waals surface area contributed by atoms with Crippen LogP contribution in [0.1, 0.15) is 39.5 Å². The molecule has 13 heavy (non-hydrogen) atoms. The van der Waals surface area contributed by atoms with Gasteiger partial charge in [0, 0.05) is 12.1 Å². The van der Waals surface area contributed by atoms with E-state index in [0.717, 1.165) is 6.04 Å². The van der Waals surface area contributed by atoms with Crippen LogP contribution in [0, 0.1) is 5.92 Å². The smallest absolute Gasteiger partial charge is 0.0107 e. The van der Waals surface area contributed by atoms with Crippen molar-refractivity contribution in [2.45, 2.75) is 51.6 Å². The molecule has 1 saturated heterocycles. The minimum atomic E-state index is 0.380. The van der Waals surface area contributed by atoms with E-state index in [2.05, 4.69) is 25.8 Å². The van der Waals surface area contributed by atoms with Crippen molar-refractivity contribution in [3.05, 3.63) is 0 Å². The lowest BCUT2D eigenvalue weighted by atomic mass is 9.92. The summed E-state index contributed by atoms with van der Waals surface area (Å²) in [5.74, 6) is 0.621. The largest absolute Gasteiger partial charge is 0.327 e. The molecule has 1 heterocycles. The number of hydrogen-bond acceptors (Lipinski definition) is 2. The quantitative estimate of drug-likeness (QED) is 0.725. The summed E-state index contributed by atoms with van der Waals surface area (Å²) in [4.78, 5) is 2.48. The Balaban J connectivity index is 2.33. The number of likely N-dealkylation sites (tertiary alicyclic amines) is 1. The Morgan fingerprint density at radius 3 is 2.62 bits per heavy atom. The Morgan fingerprint density at radius 2 is 2.08 bits per heavy atom. The van der Waals surface area contributed by atoms with Gasteiger partial charge in [-0.15, -0.1) is 0 Å². The van der Waals surface area contributed by atoms with Gasteiger partial charge in [0.1, 0.15) is 0 Å². The van der Waals surface area contributed by atoms with Gasteiger partial charge in [0.05, 0.1) is 0 Å². The van der Waals surface area contributed by atoms with E-state index in [0.29, 0.717) is 12.0 Å². The maximum atomic E-state index is 6.08. The molecule has 1 rings (SSSR count). The van der Waals surface area contributed by atoms with Crippen molar-refractivity contribution in [1.29, 1.82) is 0 Å². The summed E-state index contributed by atoms with van der Waals surface area (Å²) >= 11 is 0. The van der Waals surface area contributed by atoms with E-state index in [1.54, 1.807) is 0 Å². The molecule has 0 radical (unpaired) electrons. The molecule has 0 aromatic carbocycles. The van der Waals surface area contributed by atoms with E-state index >= 15 is 0 Å². The van der Waals surface area contributed by atoms with Crippen molar-refractivity contribution >= 4 is 0 Å². The van der Waals surface area contributed by atoms with Crippen molar-refractivity contribution < 1.29 is 0 Å². The summed E-state index contributed by atoms with van der Waals surface area (Å²) < 4.78 is 0. The predicted molar refractivity (Wildman–Crippen MR) is 57.7 cm³/mol. The average molecular weight is 184 g/mol. The Bertz CT molecular complexity index is 145. The molecule has 0 amide bonds. The zero-order valence-electron chi connectivity index (χ0n) is 9.29. The van der Waals surface area contributed by atoms with E-state index in [1.165, 1.54) is 32.2 Å². The second kappa shape index (κ2) is 4.97. The summed E-state index contributed by atoms with van der Waals surface area (Å²) in [6.45, 7) is 5.69. The van der Waals surface area contributed by atoms with Gasteiger partial charge in [-0.1, -0.05) is 20.3 Å². The Kier molecular flexibility index (Phi) is 4.20. The lowest BCUT2D eigenvalue weighted by Crippen LogP contribution is -2.41. The first-order valence-electron chi connectivity index (χ1n) is 5.57. The van der Waals surface area contributed by atoms with Crippen molar-refractivity contribution in [2.24, 2.45) is 11.7 Å². The van der Waals surface area contributed by atoms with Crippen LogP contribution in [-0.2, 0) is 0 Å². The van der Waals surface area contributed by atoms with Crippen molar-refractivity contribution in [3.8, 4) is 0 Å². The van der Waals surface area contributed by atoms with Crippen LogP contribution in [0.25, 0.3) is 0 Å². The van der Waals surface area contributed by atoms with Crippen molar-refractivity contribution in [2.75, 3.05) is 13.6 Å². The fourth-order valence-electron chi connectivity index (χ4n) is 2.03. The standard InChI is InChI=1S/C11H24N2/c1-9(2)11(12)8-10-6-4-5-7-13(10)3/h9-11H,4-8,12H2,1-3H3. The molecule has 2 unspecified atom stereocenters. The van der Waals surface area contributed by atoms with Crippen LogP contribution in [0.3, 0.4) is 0 Å². The Morgan fingerprint density at radius 1 is 1.38 bits per heavy atom. The number of nitrogens with zero attached hydrogens (tertiary/aromatic N) is 1. The monoisotopic (exact) mass is 184 g/mol. The van der Waals surface area contributed by atoms with Crippen molar-refractivity contribution in [1.82, 2.24) is 4.90 Å². The fourth-order valence-corrected chi connectivity index (χ4v) is 2.03. The molecule has 2 N–H and O–H groups in total. The molecule has 0 aliphatic carbocycles. The van der Waals surface area contributed by atoms with E-state index in [-0.39, 0.29) is 0 Å². The maximum Gasteiger partial charge on any atom is 0.0107 e. The molecule has 2 atom stereocenters. The molecule has 2 nitrogen and oxygen atoms in total. The highest BCUT2D eigenvalue weighted by atomic mass is 15.1. The molecule has 1 aliphatic heterocycles. The van der Waals surface area contributed by atoms with Gasteiger partial charge in [-0.25, -0.2) is 0 Å². The SMILES string of the molecule is CC(C)C(N)CC1CCCCN1C. The summed E-state index contributed by atoms with van der Waals surface area (Å²) in [5, 5.41) is 0. The summed E-state index contributed by atoms with van der Waals surface area (Å²) in [6.07, 6.45) is 5.27. The highest BCUT2D eigenvalue weighted by molar-refractivity contribution is 4.79. The van der Waals surface area contributed by atoms with Crippen LogP contribution < -0.4 is 5.73 Å². The molecular weight excluding hydrogens is 160 g/mol. The first kappa shape index (κ1) is 11.0. The lowest BCUT2D eigenvalue weighted by molar-refractivity contribution is 0.162. The topological polar surface area (TPSA) is 29.3 Å². The van der Waals surface area contributed by atoms with Crippen LogP contribution in [0.4, 0.5) is 0 Å². The lowest BCUT2D eigenvalue weighted by Gasteiger charge is -2.34. The number of nitrogens with two attached hydrogens (primary N) is 1. The van der Waals surface area contributed by atoms with Crippen LogP contribution in [0.15, 0.2) is 0 Å². The van der Waals surface area contributed by atoms with Crippen LogP contribution in [0.2, 0.25) is 0 Å². The predicted octanol–water partition coefficient (Wildman–Crippen LogP) is 1.84. The minimum absolute atomic E-state index is 0.380. The number of rotatable bonds is 3. The van der Waals surface area contributed by atoms with Gasteiger partial charge in [-0.05, 0) is 38.8 Å². The summed E-state index contributed by atoms with van der Waals surface area (Å²) in [5.41, 5.74) is 6.08. The van der Waals surface area contributed by atoms with Crippen LogP contribution in [0.5, 0.6) is 0 Å². The third-order valence-electron chi connectivity index (χ3n) is 3.32. The first-order valence-corrected chi connectivity index (χ1v) is 5.57. The van der Waals surface area contributed by atoms with Gasteiger partial charge < -0.3 is 10.6 Å². The van der Waals surface area contributed by atoms with Gasteiger partial charge >= 0.3 is 0 Å². The highest BCUT2D eigenvalue weighted by Gasteiger charge is 2.22. The summed E-state index contributed by atoms with van der Waals surface area (Å²) in [7, 11) is 2.23. The molecule has 0 aromatic rings. The molecule has 0 bridgehead atoms. The van der Waals surface area contributed by atoms with Crippen molar-refractivity contribution in [3.63, 3.8) is 0 Å². The van der Waals surface area contributed by atoms with Crippen LogP contribution in [-0.4, -0.2) is 30.6 Å². The van der Waals surface area contributed by atoms with E-state index in [9.17, 15) is 0 Å².